The zero-order valence-corrected chi connectivity index (χ0v) is 18.4. The Labute approximate surface area is 174 Å². The van der Waals surface area contributed by atoms with E-state index in [1.165, 1.54) is 0 Å². The van der Waals surface area contributed by atoms with Gasteiger partial charge in [-0.2, -0.15) is 8.42 Å². The van der Waals surface area contributed by atoms with E-state index in [1.54, 1.807) is 4.90 Å². The van der Waals surface area contributed by atoms with Crippen molar-refractivity contribution in [3.63, 3.8) is 0 Å². The van der Waals surface area contributed by atoms with Gasteiger partial charge in [0.15, 0.2) is 0 Å². The number of piperidine rings is 1. The monoisotopic (exact) mass is 429 g/mol. The molecular formula is C20H35N3O5S. The topological polar surface area (TPSA) is 105 Å². The highest BCUT2D eigenvalue weighted by Gasteiger charge is 2.55. The molecule has 0 bridgehead atoms. The number of unbranched alkanes of at least 4 members (excludes halogenated alkanes) is 1. The fraction of sp³-hybridized carbons (Fsp3) is 0.900. The van der Waals surface area contributed by atoms with Crippen molar-refractivity contribution in [2.45, 2.75) is 82.4 Å². The van der Waals surface area contributed by atoms with Crippen LogP contribution in [0.15, 0.2) is 0 Å². The Bertz CT molecular complexity index is 699. The zero-order valence-electron chi connectivity index (χ0n) is 17.6. The highest BCUT2D eigenvalue weighted by Crippen LogP contribution is 2.36. The minimum atomic E-state index is -3.76. The van der Waals surface area contributed by atoms with Gasteiger partial charge in [0, 0.05) is 6.54 Å². The van der Waals surface area contributed by atoms with E-state index in [1.807, 2.05) is 0 Å². The quantitative estimate of drug-likeness (QED) is 0.589. The minimum Gasteiger partial charge on any atom is -0.340 e. The van der Waals surface area contributed by atoms with Crippen LogP contribution in [0.2, 0.25) is 0 Å². The van der Waals surface area contributed by atoms with Gasteiger partial charge in [-0.05, 0) is 51.1 Å². The molecule has 1 saturated carbocycles. The van der Waals surface area contributed by atoms with Gasteiger partial charge in [0.05, 0.1) is 6.26 Å². The van der Waals surface area contributed by atoms with E-state index in [9.17, 15) is 18.0 Å². The number of carbonyl (C=O) groups excluding carboxylic acids is 2. The van der Waals surface area contributed by atoms with Gasteiger partial charge in [0.25, 0.3) is 10.1 Å². The summed E-state index contributed by atoms with van der Waals surface area (Å²) in [5.74, 6) is -0.417. The lowest BCUT2D eigenvalue weighted by molar-refractivity contribution is -0.163. The van der Waals surface area contributed by atoms with Crippen molar-refractivity contribution in [1.82, 2.24) is 15.5 Å². The molecule has 2 aliphatic heterocycles. The molecule has 2 N–H and O–H groups in total. The standard InChI is InChI=1S/C20H35N3O5S/c1-3-4-14-23-18(24)16(22-19(25)20(23)10-12-21-13-11-20)17(28-29(2,26)27)15-8-6-5-7-9-15/h15-17,21H,3-14H2,1-2H3,(H,22,25)/t16-,17-/m1/s1. The Kier molecular flexibility index (Phi) is 7.22. The Morgan fingerprint density at radius 1 is 1.17 bits per heavy atom. The predicted octanol–water partition coefficient (Wildman–Crippen LogP) is 1.16. The van der Waals surface area contributed by atoms with Crippen LogP contribution in [-0.2, 0) is 23.9 Å². The molecule has 166 valence electrons. The second kappa shape index (κ2) is 9.31. The second-order valence-electron chi connectivity index (χ2n) is 8.74. The van der Waals surface area contributed by atoms with Crippen LogP contribution in [0.3, 0.4) is 0 Å². The molecule has 2 heterocycles. The van der Waals surface area contributed by atoms with Gasteiger partial charge in [-0.1, -0.05) is 32.6 Å². The third kappa shape index (κ3) is 4.94. The number of nitrogens with zero attached hydrogens (tertiary/aromatic N) is 1. The van der Waals surface area contributed by atoms with Crippen molar-refractivity contribution >= 4 is 21.9 Å². The van der Waals surface area contributed by atoms with Crippen molar-refractivity contribution in [2.75, 3.05) is 25.9 Å². The fourth-order valence-electron chi connectivity index (χ4n) is 5.11. The summed E-state index contributed by atoms with van der Waals surface area (Å²) in [5.41, 5.74) is -0.837. The number of carbonyl (C=O) groups is 2. The molecule has 3 rings (SSSR count). The Balaban J connectivity index is 1.92. The lowest BCUT2D eigenvalue weighted by Crippen LogP contribution is -2.75. The van der Waals surface area contributed by atoms with E-state index in [2.05, 4.69) is 17.6 Å². The summed E-state index contributed by atoms with van der Waals surface area (Å²) in [6.45, 7) is 3.92. The average molecular weight is 430 g/mol. The summed E-state index contributed by atoms with van der Waals surface area (Å²) >= 11 is 0. The highest BCUT2D eigenvalue weighted by atomic mass is 32.2. The average Bonchev–Trinajstić information content (AvgIpc) is 2.70. The lowest BCUT2D eigenvalue weighted by Gasteiger charge is -2.51. The molecule has 1 aliphatic carbocycles. The maximum Gasteiger partial charge on any atom is 0.264 e. The molecule has 2 saturated heterocycles. The number of amides is 2. The molecular weight excluding hydrogens is 394 g/mol. The van der Waals surface area contributed by atoms with Gasteiger partial charge < -0.3 is 15.5 Å². The van der Waals surface area contributed by atoms with Crippen LogP contribution >= 0.6 is 0 Å². The molecule has 0 aromatic heterocycles. The molecule has 1 spiro atoms. The smallest absolute Gasteiger partial charge is 0.264 e. The van der Waals surface area contributed by atoms with Crippen molar-refractivity contribution in [3.8, 4) is 0 Å². The van der Waals surface area contributed by atoms with E-state index in [-0.39, 0.29) is 17.7 Å². The molecule has 3 aliphatic rings. The molecule has 2 atom stereocenters. The third-order valence-corrected chi connectivity index (χ3v) is 7.22. The number of nitrogens with one attached hydrogen (secondary N) is 2. The fourth-order valence-corrected chi connectivity index (χ4v) is 5.78. The second-order valence-corrected chi connectivity index (χ2v) is 10.3. The maximum atomic E-state index is 13.6. The Hall–Kier alpha value is -1.19. The minimum absolute atomic E-state index is 0.0529. The highest BCUT2D eigenvalue weighted by molar-refractivity contribution is 7.86. The molecule has 9 heteroatoms. The SMILES string of the molecule is CCCCN1C(=O)[C@@H]([C@H](OS(C)(=O)=O)C2CCCCC2)NC(=O)C12CCNCC2. The van der Waals surface area contributed by atoms with Gasteiger partial charge >= 0.3 is 0 Å². The van der Waals surface area contributed by atoms with Gasteiger partial charge in [0.2, 0.25) is 11.8 Å². The molecule has 0 radical (unpaired) electrons. The molecule has 0 aromatic carbocycles. The van der Waals surface area contributed by atoms with Crippen LogP contribution in [0.1, 0.15) is 64.7 Å². The van der Waals surface area contributed by atoms with E-state index in [0.717, 1.165) is 51.2 Å². The molecule has 3 fully saturated rings. The van der Waals surface area contributed by atoms with Gasteiger partial charge in [-0.25, -0.2) is 0 Å². The Morgan fingerprint density at radius 2 is 1.83 bits per heavy atom. The summed E-state index contributed by atoms with van der Waals surface area (Å²) in [7, 11) is -3.76. The molecule has 29 heavy (non-hydrogen) atoms. The number of hydrogen-bond donors (Lipinski definition) is 2. The summed E-state index contributed by atoms with van der Waals surface area (Å²) in [5, 5.41) is 6.17. The van der Waals surface area contributed by atoms with Crippen LogP contribution in [0.4, 0.5) is 0 Å². The first-order valence-electron chi connectivity index (χ1n) is 11.0. The van der Waals surface area contributed by atoms with Crippen molar-refractivity contribution < 1.29 is 22.2 Å². The first kappa shape index (κ1) is 22.5. The largest absolute Gasteiger partial charge is 0.340 e. The normalized spacial score (nSPS) is 27.1. The predicted molar refractivity (Wildman–Crippen MR) is 110 cm³/mol. The van der Waals surface area contributed by atoms with Gasteiger partial charge in [-0.3, -0.25) is 13.8 Å². The van der Waals surface area contributed by atoms with Gasteiger partial charge in [0.1, 0.15) is 17.7 Å². The maximum absolute atomic E-state index is 13.6. The summed E-state index contributed by atoms with van der Waals surface area (Å²) < 4.78 is 29.5. The van der Waals surface area contributed by atoms with Crippen molar-refractivity contribution in [3.05, 3.63) is 0 Å². The zero-order chi connectivity index (χ0) is 21.1. The molecule has 0 unspecified atom stereocenters. The van der Waals surface area contributed by atoms with Crippen LogP contribution < -0.4 is 10.6 Å². The van der Waals surface area contributed by atoms with Crippen LogP contribution in [0.25, 0.3) is 0 Å². The lowest BCUT2D eigenvalue weighted by atomic mass is 9.78. The number of hydrogen-bond acceptors (Lipinski definition) is 6. The first-order chi connectivity index (χ1) is 13.8. The van der Waals surface area contributed by atoms with Gasteiger partial charge in [-0.15, -0.1) is 0 Å². The number of rotatable bonds is 7. The molecule has 2 amide bonds. The number of piperazine rings is 1. The Morgan fingerprint density at radius 3 is 2.41 bits per heavy atom. The van der Waals surface area contributed by atoms with Crippen molar-refractivity contribution in [1.29, 1.82) is 0 Å². The molecule has 8 nitrogen and oxygen atoms in total. The van der Waals surface area contributed by atoms with E-state index < -0.39 is 27.8 Å². The summed E-state index contributed by atoms with van der Waals surface area (Å²) in [6, 6.07) is -0.947. The van der Waals surface area contributed by atoms with Crippen molar-refractivity contribution in [2.24, 2.45) is 5.92 Å². The van der Waals surface area contributed by atoms with Crippen LogP contribution in [-0.4, -0.2) is 68.7 Å². The van der Waals surface area contributed by atoms with Crippen LogP contribution in [0, 0.1) is 5.92 Å². The van der Waals surface area contributed by atoms with E-state index in [4.69, 9.17) is 4.18 Å². The molecule has 0 aromatic rings. The van der Waals surface area contributed by atoms with E-state index >= 15 is 0 Å². The van der Waals surface area contributed by atoms with Crippen LogP contribution in [0.5, 0.6) is 0 Å². The summed E-state index contributed by atoms with van der Waals surface area (Å²) in [4.78, 5) is 28.7. The van der Waals surface area contributed by atoms with E-state index in [0.29, 0.717) is 32.5 Å². The third-order valence-electron chi connectivity index (χ3n) is 6.65. The first-order valence-corrected chi connectivity index (χ1v) is 12.8. The summed E-state index contributed by atoms with van der Waals surface area (Å²) in [6.07, 6.45) is 7.73.